The molecule has 184 valence electrons. The summed E-state index contributed by atoms with van der Waals surface area (Å²) < 4.78 is 31.4. The molecule has 0 radical (unpaired) electrons. The van der Waals surface area contributed by atoms with E-state index in [0.29, 0.717) is 28.3 Å². The van der Waals surface area contributed by atoms with Crippen molar-refractivity contribution >= 4 is 24.8 Å². The van der Waals surface area contributed by atoms with Crippen LogP contribution in [0.4, 0.5) is 5.82 Å². The lowest BCUT2D eigenvalue weighted by atomic mass is 10.1. The van der Waals surface area contributed by atoms with Crippen molar-refractivity contribution < 1.29 is 48.4 Å². The number of phosphoric ester groups is 1. The molecule has 0 amide bonds. The minimum absolute atomic E-state index is 0.0484. The van der Waals surface area contributed by atoms with E-state index in [1.807, 2.05) is 0 Å². The first-order valence-corrected chi connectivity index (χ1v) is 11.4. The molecule has 1 unspecified atom stereocenters. The highest BCUT2D eigenvalue weighted by atomic mass is 31.2. The number of imidazole rings is 1. The zero-order valence-corrected chi connectivity index (χ0v) is 18.5. The maximum absolute atomic E-state index is 10.9. The van der Waals surface area contributed by atoms with Crippen LogP contribution in [-0.2, 0) is 20.4 Å². The lowest BCUT2D eigenvalue weighted by molar-refractivity contribution is -0.116. The molecule has 0 aliphatic carbocycles. The Balaban J connectivity index is 1.50. The fourth-order valence-corrected chi connectivity index (χ4v) is 3.71. The Kier molecular flexibility index (Phi) is 6.86. The van der Waals surface area contributed by atoms with Gasteiger partial charge in [-0.1, -0.05) is 0 Å². The molecule has 1 aromatic carbocycles. The number of rotatable bonds is 9. The van der Waals surface area contributed by atoms with E-state index >= 15 is 0 Å². The number of ether oxygens (including phenoxy) is 3. The van der Waals surface area contributed by atoms with Crippen molar-refractivity contribution in [1.29, 1.82) is 0 Å². The Hall–Kier alpha value is -3.04. The summed E-state index contributed by atoms with van der Waals surface area (Å²) in [6, 6.07) is 2.89. The van der Waals surface area contributed by atoms with Gasteiger partial charge < -0.3 is 49.6 Å². The van der Waals surface area contributed by atoms with Crippen LogP contribution < -0.4 is 14.8 Å². The molecule has 0 saturated carbocycles. The van der Waals surface area contributed by atoms with E-state index in [1.165, 1.54) is 31.9 Å². The number of nitrogens with zero attached hydrogens (tertiary/aromatic N) is 3. The van der Waals surface area contributed by atoms with Crippen LogP contribution in [0.3, 0.4) is 0 Å². The number of aliphatic hydroxyl groups excluding tert-OH is 2. The van der Waals surface area contributed by atoms with Gasteiger partial charge >= 0.3 is 7.82 Å². The Morgan fingerprint density at radius 3 is 2.68 bits per heavy atom. The van der Waals surface area contributed by atoms with Crippen LogP contribution >= 0.6 is 7.82 Å². The normalized spacial score (nSPS) is 22.7. The minimum Gasteiger partial charge on any atom is -0.504 e. The molecule has 0 spiro atoms. The molecule has 1 aliphatic rings. The van der Waals surface area contributed by atoms with Crippen LogP contribution in [0.15, 0.2) is 24.8 Å². The SMILES string of the molecule is COc1ccc(OC2O[C@H](COP(=O)(O)O)[C@@H](O)[C@H]2O)c(O)c1CNc1ncnc2nc[nH]c12. The van der Waals surface area contributed by atoms with E-state index in [1.54, 1.807) is 0 Å². The number of benzene rings is 1. The number of aliphatic hydroxyl groups is 2. The molecule has 0 bridgehead atoms. The van der Waals surface area contributed by atoms with Gasteiger partial charge in [0.05, 0.1) is 25.6 Å². The number of nitrogens with one attached hydrogen (secondary N) is 2. The molecule has 15 nitrogen and oxygen atoms in total. The zero-order valence-electron chi connectivity index (χ0n) is 17.6. The number of phenolic OH excluding ortho intramolecular Hbond substituents is 1. The molecular weight excluding hydrogens is 477 g/mol. The predicted molar refractivity (Wildman–Crippen MR) is 113 cm³/mol. The van der Waals surface area contributed by atoms with Crippen molar-refractivity contribution in [2.24, 2.45) is 0 Å². The second-order valence-corrected chi connectivity index (χ2v) is 8.44. The van der Waals surface area contributed by atoms with Crippen molar-refractivity contribution in [2.45, 2.75) is 31.1 Å². The summed E-state index contributed by atoms with van der Waals surface area (Å²) in [7, 11) is -3.39. The van der Waals surface area contributed by atoms with Gasteiger partial charge in [0, 0.05) is 6.54 Å². The van der Waals surface area contributed by atoms with Gasteiger partial charge in [-0.2, -0.15) is 0 Å². The monoisotopic (exact) mass is 499 g/mol. The smallest absolute Gasteiger partial charge is 0.469 e. The highest BCUT2D eigenvalue weighted by molar-refractivity contribution is 7.46. The fraction of sp³-hybridized carbons (Fsp3) is 0.389. The van der Waals surface area contributed by atoms with E-state index in [0.717, 1.165) is 0 Å². The quantitative estimate of drug-likeness (QED) is 0.186. The van der Waals surface area contributed by atoms with Crippen molar-refractivity contribution in [2.75, 3.05) is 19.0 Å². The van der Waals surface area contributed by atoms with Crippen LogP contribution in [0.25, 0.3) is 11.2 Å². The lowest BCUT2D eigenvalue weighted by Crippen LogP contribution is -2.35. The first-order chi connectivity index (χ1) is 16.2. The van der Waals surface area contributed by atoms with E-state index < -0.39 is 39.0 Å². The first kappa shape index (κ1) is 24.1. The maximum atomic E-state index is 10.9. The second-order valence-electron chi connectivity index (χ2n) is 7.20. The van der Waals surface area contributed by atoms with Gasteiger partial charge in [-0.25, -0.2) is 19.5 Å². The number of hydrogen-bond acceptors (Lipinski definition) is 12. The number of phenols is 1. The molecule has 16 heteroatoms. The topological polar surface area (TPSA) is 222 Å². The molecule has 3 aromatic rings. The molecular formula is C18H22N5O10P. The molecule has 1 saturated heterocycles. The molecule has 2 aromatic heterocycles. The highest BCUT2D eigenvalue weighted by Gasteiger charge is 2.45. The number of phosphoric acid groups is 1. The Bertz CT molecular complexity index is 1200. The van der Waals surface area contributed by atoms with Crippen LogP contribution in [0, 0.1) is 0 Å². The van der Waals surface area contributed by atoms with Gasteiger partial charge in [-0.05, 0) is 12.1 Å². The van der Waals surface area contributed by atoms with Gasteiger partial charge in [-0.15, -0.1) is 0 Å². The summed E-state index contributed by atoms with van der Waals surface area (Å²) in [5.74, 6) is 0.329. The van der Waals surface area contributed by atoms with Crippen molar-refractivity contribution in [3.8, 4) is 17.2 Å². The summed E-state index contributed by atoms with van der Waals surface area (Å²) >= 11 is 0. The summed E-state index contributed by atoms with van der Waals surface area (Å²) in [4.78, 5) is 32.8. The van der Waals surface area contributed by atoms with Gasteiger partial charge in [-0.3, -0.25) is 4.52 Å². The number of anilines is 1. The van der Waals surface area contributed by atoms with Crippen LogP contribution in [0.2, 0.25) is 0 Å². The van der Waals surface area contributed by atoms with E-state index in [2.05, 4.69) is 29.8 Å². The summed E-state index contributed by atoms with van der Waals surface area (Å²) in [5, 5.41) is 34.2. The number of aromatic nitrogens is 4. The number of methoxy groups -OCH3 is 1. The molecule has 4 rings (SSSR count). The number of fused-ring (bicyclic) bond motifs is 1. The Morgan fingerprint density at radius 1 is 1.18 bits per heavy atom. The van der Waals surface area contributed by atoms with Crippen molar-refractivity contribution in [3.05, 3.63) is 30.4 Å². The highest BCUT2D eigenvalue weighted by Crippen LogP contribution is 2.40. The molecule has 1 aliphatic heterocycles. The molecule has 3 heterocycles. The Labute approximate surface area is 191 Å². The van der Waals surface area contributed by atoms with Crippen LogP contribution in [0.1, 0.15) is 5.56 Å². The van der Waals surface area contributed by atoms with E-state index in [-0.39, 0.29) is 18.0 Å². The lowest BCUT2D eigenvalue weighted by Gasteiger charge is -2.20. The maximum Gasteiger partial charge on any atom is 0.469 e. The predicted octanol–water partition coefficient (Wildman–Crippen LogP) is -0.386. The third-order valence-corrected chi connectivity index (χ3v) is 5.53. The number of aromatic hydroxyl groups is 1. The Morgan fingerprint density at radius 2 is 1.94 bits per heavy atom. The molecule has 1 fully saturated rings. The average molecular weight is 499 g/mol. The van der Waals surface area contributed by atoms with Crippen molar-refractivity contribution in [1.82, 2.24) is 19.9 Å². The van der Waals surface area contributed by atoms with E-state index in [4.69, 9.17) is 24.0 Å². The summed E-state index contributed by atoms with van der Waals surface area (Å²) in [5.41, 5.74) is 1.31. The first-order valence-electron chi connectivity index (χ1n) is 9.83. The number of H-pyrrole nitrogens is 1. The zero-order chi connectivity index (χ0) is 24.5. The molecule has 34 heavy (non-hydrogen) atoms. The van der Waals surface area contributed by atoms with Gasteiger partial charge in [0.2, 0.25) is 6.29 Å². The third-order valence-electron chi connectivity index (χ3n) is 5.05. The van der Waals surface area contributed by atoms with E-state index in [9.17, 15) is 19.9 Å². The van der Waals surface area contributed by atoms with Gasteiger partial charge in [0.1, 0.15) is 35.9 Å². The number of hydrogen-bond donors (Lipinski definition) is 7. The standard InChI is InChI=1S/C18H22N5O10P/c1-30-9-2-3-10(32-18-15(26)14(25)11(33-18)5-31-34(27,28)29)13(24)8(9)4-19-16-12-17(21-6-20-12)23-7-22-16/h2-3,6-7,11,14-15,18,24-26H,4-5H2,1H3,(H2,27,28,29)(H2,19,20,21,22,23)/t11-,14-,15-,18?/m1/s1. The second kappa shape index (κ2) is 9.68. The molecule has 4 atom stereocenters. The average Bonchev–Trinajstić information content (AvgIpc) is 3.38. The summed E-state index contributed by atoms with van der Waals surface area (Å²) in [6.07, 6.45) is -3.05. The minimum atomic E-state index is -4.81. The largest absolute Gasteiger partial charge is 0.504 e. The third kappa shape index (κ3) is 5.05. The summed E-state index contributed by atoms with van der Waals surface area (Å²) in [6.45, 7) is -0.639. The van der Waals surface area contributed by atoms with Gasteiger partial charge in [0.25, 0.3) is 0 Å². The number of aromatic amines is 1. The van der Waals surface area contributed by atoms with Crippen molar-refractivity contribution in [3.63, 3.8) is 0 Å². The van der Waals surface area contributed by atoms with Gasteiger partial charge in [0.15, 0.2) is 23.0 Å². The fourth-order valence-electron chi connectivity index (χ4n) is 3.37. The molecule has 7 N–H and O–H groups in total. The van der Waals surface area contributed by atoms with Crippen LogP contribution in [-0.4, -0.2) is 83.4 Å². The van der Waals surface area contributed by atoms with Crippen LogP contribution in [0.5, 0.6) is 17.2 Å².